The Labute approximate surface area is 178 Å². The molecular weight excluding hydrogens is 408 g/mol. The van der Waals surface area contributed by atoms with E-state index in [1.807, 2.05) is 6.92 Å². The van der Waals surface area contributed by atoms with E-state index in [1.165, 1.54) is 0 Å². The van der Waals surface area contributed by atoms with Crippen molar-refractivity contribution < 1.29 is 32.4 Å². The Morgan fingerprint density at radius 3 is 2.57 bits per heavy atom. The van der Waals surface area contributed by atoms with Gasteiger partial charge in [0.05, 0.1) is 12.4 Å². The Hall–Kier alpha value is -1.09. The van der Waals surface area contributed by atoms with Crippen LogP contribution in [0.2, 0.25) is 0 Å². The largest absolute Gasteiger partial charge is 0.393 e. The molecule has 2 N–H and O–H groups in total. The zero-order chi connectivity index (χ0) is 22.1. The molecule has 7 nitrogen and oxygen atoms in total. The molecule has 4 aliphatic rings. The maximum Gasteiger partial charge on any atom is 0.265 e. The Kier molecular flexibility index (Phi) is 5.13. The van der Waals surface area contributed by atoms with Gasteiger partial charge in [-0.1, -0.05) is 19.4 Å². The average molecular weight is 441 g/mol. The molecule has 0 aromatic carbocycles. The summed E-state index contributed by atoms with van der Waals surface area (Å²) in [5.41, 5.74) is -1.68. The zero-order valence-corrected chi connectivity index (χ0v) is 18.7. The second-order valence-corrected chi connectivity index (χ2v) is 11.9. The molecule has 0 saturated heterocycles. The number of rotatable bonds is 4. The number of carbonyl (C=O) groups is 2. The summed E-state index contributed by atoms with van der Waals surface area (Å²) in [7, 11) is -3.95. The van der Waals surface area contributed by atoms with Crippen LogP contribution in [0, 0.1) is 28.6 Å². The van der Waals surface area contributed by atoms with Crippen LogP contribution < -0.4 is 0 Å². The van der Waals surface area contributed by atoms with Crippen molar-refractivity contribution in [1.82, 2.24) is 0 Å². The van der Waals surface area contributed by atoms with E-state index < -0.39 is 39.6 Å². The Morgan fingerprint density at radius 1 is 1.23 bits per heavy atom. The lowest BCUT2D eigenvalue weighted by molar-refractivity contribution is -0.175. The summed E-state index contributed by atoms with van der Waals surface area (Å²) >= 11 is 0. The van der Waals surface area contributed by atoms with Crippen molar-refractivity contribution in [3.8, 4) is 0 Å². The number of carbonyl (C=O) groups excluding carboxylic acids is 2. The first-order valence-corrected chi connectivity index (χ1v) is 12.7. The molecule has 0 amide bonds. The highest BCUT2D eigenvalue weighted by Gasteiger charge is 2.70. The number of aliphatic hydroxyl groups is 2. The molecule has 30 heavy (non-hydrogen) atoms. The van der Waals surface area contributed by atoms with Gasteiger partial charge >= 0.3 is 0 Å². The highest BCUT2D eigenvalue weighted by molar-refractivity contribution is 7.86. The minimum Gasteiger partial charge on any atom is -0.393 e. The fourth-order valence-corrected chi connectivity index (χ4v) is 8.59. The first kappa shape index (κ1) is 22.1. The fourth-order valence-electron chi connectivity index (χ4n) is 7.70. The normalized spacial score (nSPS) is 45.9. The quantitative estimate of drug-likeness (QED) is 0.640. The van der Waals surface area contributed by atoms with Crippen molar-refractivity contribution in [3.63, 3.8) is 0 Å². The van der Waals surface area contributed by atoms with Crippen LogP contribution in [0.5, 0.6) is 0 Å². The molecule has 7 atom stereocenters. The molecule has 4 aliphatic carbocycles. The van der Waals surface area contributed by atoms with Gasteiger partial charge in [0, 0.05) is 11.8 Å². The number of fused-ring (bicyclic) bond motifs is 5. The van der Waals surface area contributed by atoms with E-state index in [2.05, 4.69) is 6.92 Å². The lowest BCUT2D eigenvalue weighted by Crippen LogP contribution is -2.63. The van der Waals surface area contributed by atoms with Gasteiger partial charge < -0.3 is 10.2 Å². The molecule has 3 saturated carbocycles. The molecule has 8 heteroatoms. The van der Waals surface area contributed by atoms with E-state index in [-0.39, 0.29) is 41.8 Å². The second-order valence-electron chi connectivity index (χ2n) is 10.3. The third-order valence-electron chi connectivity index (χ3n) is 8.90. The van der Waals surface area contributed by atoms with Gasteiger partial charge in [0.2, 0.25) is 0 Å². The van der Waals surface area contributed by atoms with E-state index in [4.69, 9.17) is 4.18 Å². The molecule has 0 heterocycles. The number of allylic oxidation sites excluding steroid dienone is 1. The lowest BCUT2D eigenvalue weighted by Gasteiger charge is -2.60. The number of hydrogen-bond acceptors (Lipinski definition) is 7. The van der Waals surface area contributed by atoms with Gasteiger partial charge in [0.15, 0.2) is 17.2 Å². The molecule has 0 radical (unpaired) electrons. The molecule has 0 aromatic heterocycles. The van der Waals surface area contributed by atoms with E-state index >= 15 is 0 Å². The van der Waals surface area contributed by atoms with Gasteiger partial charge in [0.1, 0.15) is 6.61 Å². The molecule has 0 unspecified atom stereocenters. The summed E-state index contributed by atoms with van der Waals surface area (Å²) in [6.07, 6.45) is 5.75. The summed E-state index contributed by atoms with van der Waals surface area (Å²) < 4.78 is 29.7. The predicted molar refractivity (Wildman–Crippen MR) is 109 cm³/mol. The van der Waals surface area contributed by atoms with Crippen LogP contribution in [0.25, 0.3) is 0 Å². The van der Waals surface area contributed by atoms with Crippen LogP contribution in [-0.2, 0) is 23.9 Å². The topological polar surface area (TPSA) is 118 Å². The van der Waals surface area contributed by atoms with Crippen LogP contribution in [0.4, 0.5) is 0 Å². The third kappa shape index (κ3) is 2.98. The number of Topliss-reactive ketones (excluding diaryl/α,β-unsaturated/α-hetero) is 1. The van der Waals surface area contributed by atoms with Crippen LogP contribution >= 0.6 is 0 Å². The highest BCUT2D eigenvalue weighted by atomic mass is 32.2. The van der Waals surface area contributed by atoms with E-state index in [1.54, 1.807) is 6.08 Å². The minimum absolute atomic E-state index is 0.000784. The number of ketones is 2. The zero-order valence-electron chi connectivity index (χ0n) is 17.9. The summed E-state index contributed by atoms with van der Waals surface area (Å²) in [4.78, 5) is 24.9. The smallest absolute Gasteiger partial charge is 0.265 e. The van der Waals surface area contributed by atoms with Crippen LogP contribution in [0.15, 0.2) is 11.6 Å². The van der Waals surface area contributed by atoms with Crippen LogP contribution in [0.3, 0.4) is 0 Å². The SMILES string of the molecule is C[C@]12CCC(=O)C=C1CC[C@@H]1[C@@H]2[C@@H](O)C[C@@]2(C)[C@H]1CC[C@]2(OS(C)(=O)=O)C(=O)CO. The van der Waals surface area contributed by atoms with E-state index in [0.717, 1.165) is 24.7 Å². The van der Waals surface area contributed by atoms with Crippen molar-refractivity contribution in [3.05, 3.63) is 11.6 Å². The van der Waals surface area contributed by atoms with E-state index in [0.29, 0.717) is 19.3 Å². The van der Waals surface area contributed by atoms with Gasteiger partial charge in [-0.25, -0.2) is 0 Å². The van der Waals surface area contributed by atoms with Gasteiger partial charge in [-0.15, -0.1) is 0 Å². The maximum absolute atomic E-state index is 12.9. The van der Waals surface area contributed by atoms with Crippen molar-refractivity contribution in [2.24, 2.45) is 28.6 Å². The average Bonchev–Trinajstić information content (AvgIpc) is 2.92. The minimum atomic E-state index is -3.95. The van der Waals surface area contributed by atoms with Gasteiger partial charge in [-0.05, 0) is 67.8 Å². The van der Waals surface area contributed by atoms with Crippen LogP contribution in [0.1, 0.15) is 58.8 Å². The first-order valence-electron chi connectivity index (χ1n) is 10.8. The van der Waals surface area contributed by atoms with Crippen molar-refractivity contribution >= 4 is 21.7 Å². The number of aliphatic hydroxyl groups excluding tert-OH is 2. The Balaban J connectivity index is 1.78. The fraction of sp³-hybridized carbons (Fsp3) is 0.818. The standard InChI is InChI=1S/C22H32O7S/c1-20-8-6-14(24)10-13(20)4-5-15-16-7-9-22(18(26)12-23,29-30(3,27)28)21(16,2)11-17(25)19(15)20/h10,15-17,19,23,25H,4-9,11-12H2,1-3H3/t15-,16-,17-,19+,20-,21-,22-/m0/s1. The number of hydrogen-bond donors (Lipinski definition) is 2. The molecule has 0 spiro atoms. The highest BCUT2D eigenvalue weighted by Crippen LogP contribution is 2.68. The van der Waals surface area contributed by atoms with E-state index in [9.17, 15) is 28.2 Å². The van der Waals surface area contributed by atoms with Crippen molar-refractivity contribution in [2.75, 3.05) is 12.9 Å². The summed E-state index contributed by atoms with van der Waals surface area (Å²) in [5.74, 6) is -0.424. The molecule has 4 rings (SSSR count). The molecule has 0 aliphatic heterocycles. The molecule has 3 fully saturated rings. The predicted octanol–water partition coefficient (Wildman–Crippen LogP) is 1.77. The Bertz CT molecular complexity index is 908. The second kappa shape index (κ2) is 6.95. The van der Waals surface area contributed by atoms with Gasteiger partial charge in [-0.2, -0.15) is 8.42 Å². The lowest BCUT2D eigenvalue weighted by atomic mass is 9.45. The first-order chi connectivity index (χ1) is 13.9. The van der Waals surface area contributed by atoms with Gasteiger partial charge in [0.25, 0.3) is 10.1 Å². The van der Waals surface area contributed by atoms with Crippen molar-refractivity contribution in [1.29, 1.82) is 0 Å². The monoisotopic (exact) mass is 440 g/mol. The molecule has 0 bridgehead atoms. The molecule has 168 valence electrons. The van der Waals surface area contributed by atoms with Crippen LogP contribution in [-0.4, -0.2) is 54.8 Å². The van der Waals surface area contributed by atoms with Crippen molar-refractivity contribution in [2.45, 2.75) is 70.5 Å². The summed E-state index contributed by atoms with van der Waals surface area (Å²) in [6.45, 7) is 3.19. The summed E-state index contributed by atoms with van der Waals surface area (Å²) in [5, 5.41) is 21.0. The van der Waals surface area contributed by atoms with Gasteiger partial charge in [-0.3, -0.25) is 13.8 Å². The summed E-state index contributed by atoms with van der Waals surface area (Å²) in [6, 6.07) is 0. The molecular formula is C22H32O7S. The Morgan fingerprint density at radius 2 is 1.93 bits per heavy atom. The maximum atomic E-state index is 12.9. The molecule has 0 aromatic rings. The third-order valence-corrected chi connectivity index (χ3v) is 9.49.